The van der Waals surface area contributed by atoms with Crippen LogP contribution in [-0.4, -0.2) is 32.7 Å². The van der Waals surface area contributed by atoms with Crippen LogP contribution in [0, 0.1) is 0 Å². The molecule has 1 saturated heterocycles. The van der Waals surface area contributed by atoms with E-state index in [1.165, 1.54) is 19.3 Å². The molecule has 1 aliphatic rings. The maximum atomic E-state index is 11.2. The summed E-state index contributed by atoms with van der Waals surface area (Å²) >= 11 is 0. The normalized spacial score (nSPS) is 16.5. The molecule has 1 aromatic heterocycles. The molecule has 1 fully saturated rings. The lowest BCUT2D eigenvalue weighted by atomic mass is 10.1. The van der Waals surface area contributed by atoms with E-state index in [1.807, 2.05) is 6.07 Å². The number of hydrogen-bond acceptors (Lipinski definition) is 4. The van der Waals surface area contributed by atoms with Gasteiger partial charge in [0.05, 0.1) is 12.3 Å². The lowest BCUT2D eigenvalue weighted by molar-refractivity contribution is 0.111. The van der Waals surface area contributed by atoms with E-state index in [1.54, 1.807) is 0 Å². The molecule has 0 aliphatic carbocycles. The van der Waals surface area contributed by atoms with Crippen LogP contribution in [-0.2, 0) is 11.0 Å². The Morgan fingerprint density at radius 2 is 1.87 bits per heavy atom. The molecule has 0 aromatic carbocycles. The van der Waals surface area contributed by atoms with E-state index in [0.29, 0.717) is 12.3 Å². The lowest BCUT2D eigenvalue weighted by Crippen LogP contribution is -2.40. The van der Waals surface area contributed by atoms with Gasteiger partial charge in [0.15, 0.2) is 14.6 Å². The van der Waals surface area contributed by atoms with Crippen molar-refractivity contribution in [1.29, 1.82) is 0 Å². The number of hydrogen-bond donors (Lipinski definition) is 0. The summed E-state index contributed by atoms with van der Waals surface area (Å²) in [5.41, 5.74) is 2.47. The third kappa shape index (κ3) is 4.64. The van der Waals surface area contributed by atoms with Crippen LogP contribution in [0.2, 0.25) is 18.1 Å². The summed E-state index contributed by atoms with van der Waals surface area (Å²) in [5, 5.41) is 0.172. The minimum atomic E-state index is -1.81. The molecule has 1 aliphatic heterocycles. The van der Waals surface area contributed by atoms with Crippen molar-refractivity contribution < 1.29 is 9.22 Å². The minimum absolute atomic E-state index is 0.172. The smallest absolute Gasteiger partial charge is 0.192 e. The Morgan fingerprint density at radius 3 is 2.43 bits per heavy atom. The standard InChI is InChI=1S/C18H30N2O2Si/c1-18(2,3)23(4,5)22-14-16-12-17(11-15(13-21)19-16)20-9-7-6-8-10-20/h11-13H,6-10,14H2,1-5H3. The Labute approximate surface area is 141 Å². The zero-order valence-electron chi connectivity index (χ0n) is 15.2. The highest BCUT2D eigenvalue weighted by Crippen LogP contribution is 2.37. The number of pyridine rings is 1. The first-order valence-corrected chi connectivity index (χ1v) is 11.5. The molecular formula is C18H30N2O2Si. The Kier molecular flexibility index (Phi) is 5.63. The van der Waals surface area contributed by atoms with Crippen molar-refractivity contribution in [3.8, 4) is 0 Å². The van der Waals surface area contributed by atoms with Crippen LogP contribution in [0.5, 0.6) is 0 Å². The summed E-state index contributed by atoms with van der Waals surface area (Å²) in [6, 6.07) is 3.99. The van der Waals surface area contributed by atoms with Crippen molar-refractivity contribution in [1.82, 2.24) is 4.98 Å². The number of nitrogens with zero attached hydrogens (tertiary/aromatic N) is 2. The van der Waals surface area contributed by atoms with Crippen molar-refractivity contribution in [2.24, 2.45) is 0 Å². The first kappa shape index (κ1) is 18.1. The molecule has 0 N–H and O–H groups in total. The van der Waals surface area contributed by atoms with Gasteiger partial charge in [0, 0.05) is 18.8 Å². The second-order valence-electron chi connectivity index (χ2n) is 7.96. The monoisotopic (exact) mass is 334 g/mol. The lowest BCUT2D eigenvalue weighted by Gasteiger charge is -2.36. The molecule has 0 radical (unpaired) electrons. The zero-order chi connectivity index (χ0) is 17.1. The molecule has 2 heterocycles. The van der Waals surface area contributed by atoms with E-state index < -0.39 is 8.32 Å². The number of carbonyl (C=O) groups is 1. The number of carbonyl (C=O) groups excluding carboxylic acids is 1. The van der Waals surface area contributed by atoms with Crippen molar-refractivity contribution in [2.45, 2.75) is 64.8 Å². The number of anilines is 1. The Balaban J connectivity index is 2.16. The largest absolute Gasteiger partial charge is 0.411 e. The number of piperidine rings is 1. The van der Waals surface area contributed by atoms with Gasteiger partial charge in [-0.2, -0.15) is 0 Å². The molecule has 0 unspecified atom stereocenters. The van der Waals surface area contributed by atoms with Crippen molar-refractivity contribution >= 4 is 20.3 Å². The summed E-state index contributed by atoms with van der Waals surface area (Å²) in [5.74, 6) is 0. The SMILES string of the molecule is CC(C)(C)[Si](C)(C)OCc1cc(N2CCCCC2)cc(C=O)n1. The van der Waals surface area contributed by atoms with Crippen molar-refractivity contribution in [3.63, 3.8) is 0 Å². The van der Waals surface area contributed by atoms with Gasteiger partial charge in [-0.05, 0) is 49.5 Å². The van der Waals surface area contributed by atoms with Gasteiger partial charge in [0.2, 0.25) is 0 Å². The van der Waals surface area contributed by atoms with E-state index in [4.69, 9.17) is 4.43 Å². The van der Waals surface area contributed by atoms with Gasteiger partial charge in [0.25, 0.3) is 0 Å². The molecular weight excluding hydrogens is 304 g/mol. The Hall–Kier alpha value is -1.20. The Bertz CT molecular complexity index is 546. The van der Waals surface area contributed by atoms with Crippen LogP contribution in [0.15, 0.2) is 12.1 Å². The molecule has 0 saturated carbocycles. The summed E-state index contributed by atoms with van der Waals surface area (Å²) < 4.78 is 6.26. The summed E-state index contributed by atoms with van der Waals surface area (Å²) in [7, 11) is -1.81. The topological polar surface area (TPSA) is 42.4 Å². The van der Waals surface area contributed by atoms with Gasteiger partial charge in [-0.1, -0.05) is 20.8 Å². The molecule has 4 nitrogen and oxygen atoms in total. The molecule has 0 atom stereocenters. The quantitative estimate of drug-likeness (QED) is 0.591. The van der Waals surface area contributed by atoms with E-state index in [-0.39, 0.29) is 5.04 Å². The van der Waals surface area contributed by atoms with E-state index in [9.17, 15) is 4.79 Å². The van der Waals surface area contributed by atoms with E-state index in [0.717, 1.165) is 30.8 Å². The fraction of sp³-hybridized carbons (Fsp3) is 0.667. The highest BCUT2D eigenvalue weighted by Gasteiger charge is 2.37. The average molecular weight is 335 g/mol. The molecule has 0 bridgehead atoms. The van der Waals surface area contributed by atoms with Gasteiger partial charge < -0.3 is 9.33 Å². The molecule has 2 rings (SSSR count). The van der Waals surface area contributed by atoms with Crippen LogP contribution >= 0.6 is 0 Å². The first-order chi connectivity index (χ1) is 10.7. The summed E-state index contributed by atoms with van der Waals surface area (Å²) in [4.78, 5) is 18.0. The number of rotatable bonds is 5. The zero-order valence-corrected chi connectivity index (χ0v) is 16.2. The minimum Gasteiger partial charge on any atom is -0.411 e. The van der Waals surface area contributed by atoms with Gasteiger partial charge in [-0.3, -0.25) is 4.79 Å². The first-order valence-electron chi connectivity index (χ1n) is 8.58. The second-order valence-corrected chi connectivity index (χ2v) is 12.8. The van der Waals surface area contributed by atoms with Gasteiger partial charge >= 0.3 is 0 Å². The van der Waals surface area contributed by atoms with Crippen LogP contribution in [0.1, 0.15) is 56.2 Å². The maximum absolute atomic E-state index is 11.2. The number of aromatic nitrogens is 1. The molecule has 1 aromatic rings. The van der Waals surface area contributed by atoms with E-state index >= 15 is 0 Å². The summed E-state index contributed by atoms with van der Waals surface area (Å²) in [6.45, 7) is 13.8. The molecule has 23 heavy (non-hydrogen) atoms. The highest BCUT2D eigenvalue weighted by molar-refractivity contribution is 6.74. The molecule has 0 amide bonds. The van der Waals surface area contributed by atoms with Crippen LogP contribution in [0.3, 0.4) is 0 Å². The fourth-order valence-electron chi connectivity index (χ4n) is 2.53. The molecule has 5 heteroatoms. The van der Waals surface area contributed by atoms with Crippen LogP contribution in [0.25, 0.3) is 0 Å². The fourth-order valence-corrected chi connectivity index (χ4v) is 3.48. The van der Waals surface area contributed by atoms with E-state index in [2.05, 4.69) is 49.8 Å². The Morgan fingerprint density at radius 1 is 1.22 bits per heavy atom. The predicted octanol–water partition coefficient (Wildman–Crippen LogP) is 4.41. The van der Waals surface area contributed by atoms with Crippen LogP contribution in [0.4, 0.5) is 5.69 Å². The predicted molar refractivity (Wildman–Crippen MR) is 97.7 cm³/mol. The maximum Gasteiger partial charge on any atom is 0.192 e. The van der Waals surface area contributed by atoms with Gasteiger partial charge in [-0.15, -0.1) is 0 Å². The van der Waals surface area contributed by atoms with Gasteiger partial charge in [-0.25, -0.2) is 4.98 Å². The average Bonchev–Trinajstić information content (AvgIpc) is 2.52. The summed E-state index contributed by atoms with van der Waals surface area (Å²) in [6.07, 6.45) is 4.57. The second kappa shape index (κ2) is 7.14. The molecule has 128 valence electrons. The number of aldehydes is 1. The van der Waals surface area contributed by atoms with Gasteiger partial charge in [0.1, 0.15) is 5.69 Å². The molecule has 0 spiro atoms. The van der Waals surface area contributed by atoms with Crippen LogP contribution < -0.4 is 4.90 Å². The highest BCUT2D eigenvalue weighted by atomic mass is 28.4. The third-order valence-corrected chi connectivity index (χ3v) is 9.59. The third-order valence-electron chi connectivity index (χ3n) is 5.11. The van der Waals surface area contributed by atoms with Crippen molar-refractivity contribution in [3.05, 3.63) is 23.5 Å². The van der Waals surface area contributed by atoms with Crippen molar-refractivity contribution in [2.75, 3.05) is 18.0 Å².